The molecule has 1 fully saturated rings. The molecule has 3 aromatic rings. The van der Waals surface area contributed by atoms with Gasteiger partial charge in [-0.25, -0.2) is 15.0 Å². The highest BCUT2D eigenvalue weighted by Crippen LogP contribution is 2.32. The number of anilines is 2. The normalized spacial score (nSPS) is 17.1. The molecule has 0 spiro atoms. The average molecular weight is 446 g/mol. The minimum Gasteiger partial charge on any atom is -0.375 e. The summed E-state index contributed by atoms with van der Waals surface area (Å²) in [4.78, 5) is 16.9. The maximum absolute atomic E-state index is 5.59. The molecule has 6 nitrogen and oxygen atoms in total. The van der Waals surface area contributed by atoms with Gasteiger partial charge in [0.05, 0.1) is 23.3 Å². The third kappa shape index (κ3) is 4.45. The lowest BCUT2D eigenvalue weighted by Gasteiger charge is -2.32. The van der Waals surface area contributed by atoms with Crippen LogP contribution in [0.4, 0.5) is 11.8 Å². The van der Waals surface area contributed by atoms with Crippen molar-refractivity contribution < 1.29 is 4.74 Å². The molecule has 1 unspecified atom stereocenters. The second-order valence-electron chi connectivity index (χ2n) is 6.37. The first kappa shape index (κ1) is 18.3. The van der Waals surface area contributed by atoms with Gasteiger partial charge in [-0.1, -0.05) is 6.07 Å². The molecule has 1 N–H and O–H groups in total. The van der Waals surface area contributed by atoms with Gasteiger partial charge >= 0.3 is 0 Å². The second-order valence-corrected chi connectivity index (χ2v) is 8.14. The van der Waals surface area contributed by atoms with Crippen LogP contribution in [0.1, 0.15) is 12.5 Å². The van der Waals surface area contributed by atoms with Gasteiger partial charge in [-0.3, -0.25) is 0 Å². The zero-order valence-corrected chi connectivity index (χ0v) is 17.3. The zero-order valence-electron chi connectivity index (χ0n) is 14.9. The van der Waals surface area contributed by atoms with Crippen LogP contribution in [0.25, 0.3) is 10.6 Å². The van der Waals surface area contributed by atoms with E-state index in [2.05, 4.69) is 60.2 Å². The van der Waals surface area contributed by atoms with Gasteiger partial charge in [-0.2, -0.15) is 0 Å². The van der Waals surface area contributed by atoms with Crippen molar-refractivity contribution >= 4 is 39.0 Å². The van der Waals surface area contributed by atoms with Gasteiger partial charge in [0.25, 0.3) is 0 Å². The van der Waals surface area contributed by atoms with Gasteiger partial charge in [-0.05, 0) is 52.0 Å². The molecule has 4 rings (SSSR count). The summed E-state index contributed by atoms with van der Waals surface area (Å²) in [5.41, 5.74) is 2.00. The molecule has 27 heavy (non-hydrogen) atoms. The average Bonchev–Trinajstić information content (AvgIpc) is 3.13. The number of nitrogens with one attached hydrogen (secondary N) is 1. The van der Waals surface area contributed by atoms with E-state index in [-0.39, 0.29) is 6.10 Å². The van der Waals surface area contributed by atoms with E-state index in [9.17, 15) is 0 Å². The Hall–Kier alpha value is -2.03. The molecular weight excluding hydrogens is 426 g/mol. The molecule has 0 amide bonds. The number of pyridine rings is 1. The van der Waals surface area contributed by atoms with Gasteiger partial charge in [0.2, 0.25) is 5.95 Å². The molecule has 1 aliphatic heterocycles. The molecule has 0 aromatic carbocycles. The summed E-state index contributed by atoms with van der Waals surface area (Å²) in [7, 11) is 0. The number of aromatic nitrogens is 3. The number of rotatable bonds is 5. The SMILES string of the molecule is CC1CN(c2ccc(CNc3nccc(-c4sccc4Br)n3)cn2)CCO1. The maximum Gasteiger partial charge on any atom is 0.223 e. The number of morpholine rings is 1. The van der Waals surface area contributed by atoms with Crippen LogP contribution in [0.5, 0.6) is 0 Å². The van der Waals surface area contributed by atoms with Crippen molar-refractivity contribution in [2.24, 2.45) is 0 Å². The highest BCUT2D eigenvalue weighted by molar-refractivity contribution is 9.10. The Kier molecular flexibility index (Phi) is 5.66. The molecule has 0 radical (unpaired) electrons. The Morgan fingerprint density at radius 2 is 2.22 bits per heavy atom. The molecule has 0 saturated carbocycles. The number of hydrogen-bond acceptors (Lipinski definition) is 7. The lowest BCUT2D eigenvalue weighted by molar-refractivity contribution is 0.0529. The maximum atomic E-state index is 5.59. The third-order valence-electron chi connectivity index (χ3n) is 4.33. The van der Waals surface area contributed by atoms with Crippen molar-refractivity contribution in [3.8, 4) is 10.6 Å². The third-order valence-corrected chi connectivity index (χ3v) is 6.19. The molecule has 1 atom stereocenters. The molecular formula is C19H20BrN5OS. The van der Waals surface area contributed by atoms with Crippen molar-refractivity contribution in [1.29, 1.82) is 0 Å². The Morgan fingerprint density at radius 1 is 1.30 bits per heavy atom. The van der Waals surface area contributed by atoms with Gasteiger partial charge < -0.3 is 15.0 Å². The Morgan fingerprint density at radius 3 is 2.96 bits per heavy atom. The van der Waals surface area contributed by atoms with Gasteiger partial charge in [0, 0.05) is 36.5 Å². The summed E-state index contributed by atoms with van der Waals surface area (Å²) in [5, 5.41) is 5.32. The fourth-order valence-corrected chi connectivity index (χ4v) is 4.51. The summed E-state index contributed by atoms with van der Waals surface area (Å²) in [5.74, 6) is 1.61. The summed E-state index contributed by atoms with van der Waals surface area (Å²) < 4.78 is 6.64. The highest BCUT2D eigenvalue weighted by atomic mass is 79.9. The fraction of sp³-hybridized carbons (Fsp3) is 0.316. The van der Waals surface area contributed by atoms with E-state index in [1.54, 1.807) is 17.5 Å². The summed E-state index contributed by atoms with van der Waals surface area (Å²) in [6.45, 7) is 5.23. The molecule has 4 heterocycles. The van der Waals surface area contributed by atoms with Crippen LogP contribution in [-0.4, -0.2) is 40.8 Å². The molecule has 1 aliphatic rings. The Balaban J connectivity index is 1.40. The molecule has 1 saturated heterocycles. The largest absolute Gasteiger partial charge is 0.375 e. The number of hydrogen-bond donors (Lipinski definition) is 1. The number of thiophene rings is 1. The van der Waals surface area contributed by atoms with Crippen molar-refractivity contribution in [2.45, 2.75) is 19.6 Å². The minimum absolute atomic E-state index is 0.245. The van der Waals surface area contributed by atoms with E-state index >= 15 is 0 Å². The predicted octanol–water partition coefficient (Wildman–Crippen LogP) is 4.20. The monoisotopic (exact) mass is 445 g/mol. The number of nitrogens with zero attached hydrogens (tertiary/aromatic N) is 4. The molecule has 0 aliphatic carbocycles. The topological polar surface area (TPSA) is 63.2 Å². The fourth-order valence-electron chi connectivity index (χ4n) is 2.96. The van der Waals surface area contributed by atoms with Crippen LogP contribution in [-0.2, 0) is 11.3 Å². The minimum atomic E-state index is 0.245. The highest BCUT2D eigenvalue weighted by Gasteiger charge is 2.17. The Labute approximate surface area is 170 Å². The van der Waals surface area contributed by atoms with Crippen LogP contribution in [0.15, 0.2) is 46.5 Å². The Bertz CT molecular complexity index is 901. The van der Waals surface area contributed by atoms with Crippen LogP contribution in [0.2, 0.25) is 0 Å². The van der Waals surface area contributed by atoms with Gasteiger partial charge in [0.15, 0.2) is 0 Å². The zero-order chi connectivity index (χ0) is 18.6. The first-order valence-corrected chi connectivity index (χ1v) is 10.5. The van der Waals surface area contributed by atoms with E-state index in [1.807, 2.05) is 23.7 Å². The van der Waals surface area contributed by atoms with Crippen LogP contribution in [0.3, 0.4) is 0 Å². The van der Waals surface area contributed by atoms with E-state index < -0.39 is 0 Å². The predicted molar refractivity (Wildman–Crippen MR) is 112 cm³/mol. The van der Waals surface area contributed by atoms with Gasteiger partial charge in [-0.15, -0.1) is 11.3 Å². The lowest BCUT2D eigenvalue weighted by atomic mass is 10.2. The summed E-state index contributed by atoms with van der Waals surface area (Å²) in [6, 6.07) is 8.10. The van der Waals surface area contributed by atoms with E-state index in [4.69, 9.17) is 4.74 Å². The molecule has 8 heteroatoms. The van der Waals surface area contributed by atoms with Crippen LogP contribution < -0.4 is 10.2 Å². The van der Waals surface area contributed by atoms with Crippen LogP contribution in [0, 0.1) is 0 Å². The van der Waals surface area contributed by atoms with Crippen molar-refractivity contribution in [3.05, 3.63) is 52.1 Å². The molecule has 140 valence electrons. The molecule has 3 aromatic heterocycles. The van der Waals surface area contributed by atoms with E-state index in [0.717, 1.165) is 46.1 Å². The second kappa shape index (κ2) is 8.33. The van der Waals surface area contributed by atoms with Crippen LogP contribution >= 0.6 is 27.3 Å². The lowest BCUT2D eigenvalue weighted by Crippen LogP contribution is -2.41. The quantitative estimate of drug-likeness (QED) is 0.634. The van der Waals surface area contributed by atoms with Gasteiger partial charge in [0.1, 0.15) is 5.82 Å². The first-order chi connectivity index (χ1) is 13.2. The molecule has 0 bridgehead atoms. The smallest absolute Gasteiger partial charge is 0.223 e. The first-order valence-electron chi connectivity index (χ1n) is 8.81. The van der Waals surface area contributed by atoms with Crippen molar-refractivity contribution in [3.63, 3.8) is 0 Å². The van der Waals surface area contributed by atoms with Crippen molar-refractivity contribution in [1.82, 2.24) is 15.0 Å². The van der Waals surface area contributed by atoms with Crippen molar-refractivity contribution in [2.75, 3.05) is 29.9 Å². The number of halogens is 1. The van der Waals surface area contributed by atoms with E-state index in [1.165, 1.54) is 0 Å². The van der Waals surface area contributed by atoms with E-state index in [0.29, 0.717) is 12.5 Å². The summed E-state index contributed by atoms with van der Waals surface area (Å²) >= 11 is 5.21. The summed E-state index contributed by atoms with van der Waals surface area (Å²) in [6.07, 6.45) is 3.93. The number of ether oxygens (including phenoxy) is 1. The standard InChI is InChI=1S/C19H20BrN5OS/c1-13-12-25(7-8-26-13)17-3-2-14(10-22-17)11-23-19-21-6-4-16(24-19)18-15(20)5-9-27-18/h2-6,9-10,13H,7-8,11-12H2,1H3,(H,21,23,24).